The van der Waals surface area contributed by atoms with E-state index in [9.17, 15) is 22.8 Å². The molecule has 0 amide bonds. The minimum absolute atomic E-state index is 0.201. The fraction of sp³-hybridized carbons (Fsp3) is 0.182. The van der Waals surface area contributed by atoms with E-state index in [2.05, 4.69) is 5.32 Å². The van der Waals surface area contributed by atoms with Crippen LogP contribution in [0.1, 0.15) is 39.9 Å². The van der Waals surface area contributed by atoms with Crippen LogP contribution in [0.2, 0.25) is 0 Å². The second-order valence-electron chi connectivity index (χ2n) is 6.87. The van der Waals surface area contributed by atoms with Gasteiger partial charge in [0, 0.05) is 28.3 Å². The molecular formula is C22H16F3NO3. The predicted octanol–water partition coefficient (Wildman–Crippen LogP) is 4.45. The average Bonchev–Trinajstić information content (AvgIpc) is 2.98. The molecule has 1 aliphatic carbocycles. The van der Waals surface area contributed by atoms with Gasteiger partial charge >= 0.3 is 12.1 Å². The maximum Gasteiger partial charge on any atom is 0.416 e. The molecule has 2 aromatic carbocycles. The van der Waals surface area contributed by atoms with Crippen molar-refractivity contribution in [2.45, 2.75) is 19.0 Å². The smallest absolute Gasteiger partial charge is 0.416 e. The van der Waals surface area contributed by atoms with E-state index < -0.39 is 23.6 Å². The van der Waals surface area contributed by atoms with Crippen molar-refractivity contribution in [1.29, 1.82) is 0 Å². The Morgan fingerprint density at radius 3 is 2.24 bits per heavy atom. The first-order valence-corrected chi connectivity index (χ1v) is 8.85. The lowest BCUT2D eigenvalue weighted by atomic mass is 9.79. The number of dihydropyridines is 1. The van der Waals surface area contributed by atoms with Crippen LogP contribution in [0, 0.1) is 0 Å². The molecule has 1 aliphatic heterocycles. The molecule has 0 radical (unpaired) electrons. The van der Waals surface area contributed by atoms with Crippen LogP contribution >= 0.6 is 0 Å². The number of hydrogen-bond acceptors (Lipinski definition) is 4. The molecule has 0 bridgehead atoms. The molecule has 0 unspecified atom stereocenters. The number of Topliss-reactive ketones (excluding diaryl/α,β-unsaturated/α-hetero) is 1. The number of halogens is 3. The molecule has 4 nitrogen and oxygen atoms in total. The predicted molar refractivity (Wildman–Crippen MR) is 99.7 cm³/mol. The molecule has 4 rings (SSSR count). The van der Waals surface area contributed by atoms with Crippen LogP contribution in [0.4, 0.5) is 13.2 Å². The van der Waals surface area contributed by atoms with Crippen molar-refractivity contribution < 1.29 is 27.5 Å². The van der Waals surface area contributed by atoms with Gasteiger partial charge in [-0.1, -0.05) is 36.4 Å². The zero-order valence-electron chi connectivity index (χ0n) is 15.6. The molecule has 0 aromatic heterocycles. The van der Waals surface area contributed by atoms with E-state index in [0.717, 1.165) is 12.1 Å². The number of benzene rings is 2. The average molecular weight is 399 g/mol. The summed E-state index contributed by atoms with van der Waals surface area (Å²) in [6.45, 7) is 1.68. The topological polar surface area (TPSA) is 55.4 Å². The van der Waals surface area contributed by atoms with Crippen LogP contribution < -0.4 is 5.32 Å². The number of allylic oxidation sites excluding steroid dienone is 2. The van der Waals surface area contributed by atoms with Gasteiger partial charge in [-0.25, -0.2) is 4.79 Å². The Balaban J connectivity index is 1.90. The van der Waals surface area contributed by atoms with Crippen LogP contribution in [-0.4, -0.2) is 18.9 Å². The summed E-state index contributed by atoms with van der Waals surface area (Å²) in [5, 5.41) is 3.12. The van der Waals surface area contributed by atoms with Crippen molar-refractivity contribution in [2.24, 2.45) is 0 Å². The highest BCUT2D eigenvalue weighted by Crippen LogP contribution is 2.47. The number of rotatable bonds is 2. The summed E-state index contributed by atoms with van der Waals surface area (Å²) in [4.78, 5) is 25.7. The van der Waals surface area contributed by atoms with Crippen molar-refractivity contribution in [1.82, 2.24) is 5.32 Å². The number of ether oxygens (including phenoxy) is 1. The van der Waals surface area contributed by atoms with Crippen molar-refractivity contribution >= 4 is 17.4 Å². The third-order valence-corrected chi connectivity index (χ3v) is 5.23. The van der Waals surface area contributed by atoms with Crippen LogP contribution in [0.25, 0.3) is 5.70 Å². The molecule has 1 atom stereocenters. The van der Waals surface area contributed by atoms with E-state index in [4.69, 9.17) is 4.74 Å². The highest BCUT2D eigenvalue weighted by molar-refractivity contribution is 6.23. The summed E-state index contributed by atoms with van der Waals surface area (Å²) < 4.78 is 43.8. The second-order valence-corrected chi connectivity index (χ2v) is 6.87. The number of esters is 1. The second kappa shape index (κ2) is 6.62. The summed E-state index contributed by atoms with van der Waals surface area (Å²) in [6, 6.07) is 11.5. The van der Waals surface area contributed by atoms with Crippen LogP contribution in [0.5, 0.6) is 0 Å². The number of methoxy groups -OCH3 is 1. The minimum atomic E-state index is -4.48. The maximum atomic E-state index is 13.2. The first kappa shape index (κ1) is 19.0. The Hall–Kier alpha value is -3.35. The van der Waals surface area contributed by atoms with E-state index in [1.807, 2.05) is 0 Å². The molecule has 148 valence electrons. The Labute approximate surface area is 164 Å². The summed E-state index contributed by atoms with van der Waals surface area (Å²) >= 11 is 0. The van der Waals surface area contributed by atoms with Crippen LogP contribution in [-0.2, 0) is 15.7 Å². The number of hydrogen-bond donors (Lipinski definition) is 1. The van der Waals surface area contributed by atoms with E-state index >= 15 is 0 Å². The van der Waals surface area contributed by atoms with E-state index in [1.54, 1.807) is 31.2 Å². The SMILES string of the molecule is COC(=O)C1=C(C)NC2=C(C(=O)c3ccccc32)[C@H]1c1ccc(C(F)(F)F)cc1. The van der Waals surface area contributed by atoms with Gasteiger partial charge in [-0.3, -0.25) is 4.79 Å². The van der Waals surface area contributed by atoms with Crippen LogP contribution in [0.3, 0.4) is 0 Å². The monoisotopic (exact) mass is 399 g/mol. The number of ketones is 1. The molecule has 0 fully saturated rings. The van der Waals surface area contributed by atoms with Gasteiger partial charge in [-0.15, -0.1) is 0 Å². The van der Waals surface area contributed by atoms with Crippen molar-refractivity contribution in [2.75, 3.05) is 7.11 Å². The summed E-state index contributed by atoms with van der Waals surface area (Å²) in [6.07, 6.45) is -4.48. The lowest BCUT2D eigenvalue weighted by Crippen LogP contribution is -2.29. The highest BCUT2D eigenvalue weighted by atomic mass is 19.4. The fourth-order valence-electron chi connectivity index (χ4n) is 3.91. The standard InChI is InChI=1S/C22H16F3NO3/c1-11-16(21(28)29-2)17(12-7-9-13(10-8-12)22(23,24)25)18-19(26-11)14-5-3-4-6-15(14)20(18)27/h3-10,17,26H,1-2H3/t17-/m0/s1. The summed E-state index contributed by atoms with van der Waals surface area (Å²) in [7, 11) is 1.22. The van der Waals surface area contributed by atoms with Gasteiger partial charge in [0.25, 0.3) is 0 Å². The first-order valence-electron chi connectivity index (χ1n) is 8.85. The normalized spacial score (nSPS) is 18.4. The number of fused-ring (bicyclic) bond motifs is 2. The van der Waals surface area contributed by atoms with Crippen molar-refractivity contribution in [3.8, 4) is 0 Å². The van der Waals surface area contributed by atoms with Gasteiger partial charge in [0.05, 0.1) is 23.9 Å². The quantitative estimate of drug-likeness (QED) is 0.759. The molecule has 0 spiro atoms. The fourth-order valence-corrected chi connectivity index (χ4v) is 3.91. The molecule has 1 N–H and O–H groups in total. The molecular weight excluding hydrogens is 383 g/mol. The van der Waals surface area contributed by atoms with Crippen molar-refractivity contribution in [3.63, 3.8) is 0 Å². The summed E-state index contributed by atoms with van der Waals surface area (Å²) in [5.74, 6) is -1.74. The zero-order valence-corrected chi connectivity index (χ0v) is 15.6. The Bertz CT molecular complexity index is 1100. The van der Waals surface area contributed by atoms with Gasteiger partial charge in [0.2, 0.25) is 0 Å². The first-order chi connectivity index (χ1) is 13.7. The molecule has 7 heteroatoms. The Morgan fingerprint density at radius 2 is 1.66 bits per heavy atom. The van der Waals surface area contributed by atoms with Gasteiger partial charge in [0.15, 0.2) is 5.78 Å². The lowest BCUT2D eigenvalue weighted by molar-refractivity contribution is -0.138. The maximum absolute atomic E-state index is 13.2. The molecule has 2 aromatic rings. The summed E-state index contributed by atoms with van der Waals surface area (Å²) in [5.41, 5.74) is 2.39. The molecule has 0 saturated heterocycles. The highest BCUT2D eigenvalue weighted by Gasteiger charge is 2.43. The van der Waals surface area contributed by atoms with E-state index in [0.29, 0.717) is 33.7 Å². The van der Waals surface area contributed by atoms with E-state index in [-0.39, 0.29) is 11.4 Å². The van der Waals surface area contributed by atoms with Gasteiger partial charge in [0.1, 0.15) is 0 Å². The number of alkyl halides is 3. The lowest BCUT2D eigenvalue weighted by Gasteiger charge is -2.29. The Kier molecular flexibility index (Phi) is 4.33. The third-order valence-electron chi connectivity index (χ3n) is 5.23. The largest absolute Gasteiger partial charge is 0.466 e. The van der Waals surface area contributed by atoms with Gasteiger partial charge in [-0.2, -0.15) is 13.2 Å². The molecule has 2 aliphatic rings. The van der Waals surface area contributed by atoms with E-state index in [1.165, 1.54) is 19.2 Å². The number of nitrogens with one attached hydrogen (secondary N) is 1. The third kappa shape index (κ3) is 2.93. The van der Waals surface area contributed by atoms with Crippen molar-refractivity contribution in [3.05, 3.63) is 87.6 Å². The van der Waals surface area contributed by atoms with Crippen LogP contribution in [0.15, 0.2) is 65.4 Å². The minimum Gasteiger partial charge on any atom is -0.466 e. The van der Waals surface area contributed by atoms with Gasteiger partial charge in [-0.05, 0) is 24.6 Å². The van der Waals surface area contributed by atoms with Gasteiger partial charge < -0.3 is 10.1 Å². The number of carbonyl (C=O) groups is 2. The molecule has 1 heterocycles. The molecule has 0 saturated carbocycles. The zero-order chi connectivity index (χ0) is 20.9. The molecule has 29 heavy (non-hydrogen) atoms. The Morgan fingerprint density at radius 1 is 1.03 bits per heavy atom. The number of carbonyl (C=O) groups excluding carboxylic acids is 2.